The largest absolute Gasteiger partial charge is 0.296 e. The van der Waals surface area contributed by atoms with Crippen molar-refractivity contribution in [1.82, 2.24) is 4.90 Å². The van der Waals surface area contributed by atoms with E-state index >= 15 is 0 Å². The van der Waals surface area contributed by atoms with Crippen molar-refractivity contribution in [1.29, 1.82) is 0 Å². The van der Waals surface area contributed by atoms with Crippen LogP contribution in [0.25, 0.3) is 0 Å². The third kappa shape index (κ3) is 13.7. The van der Waals surface area contributed by atoms with Crippen molar-refractivity contribution in [2.75, 3.05) is 13.1 Å². The summed E-state index contributed by atoms with van der Waals surface area (Å²) in [4.78, 5) is 2.89. The first kappa shape index (κ1) is 29.2. The molecule has 1 unspecified atom stereocenters. The van der Waals surface area contributed by atoms with Crippen LogP contribution in [0.1, 0.15) is 154 Å². The van der Waals surface area contributed by atoms with Crippen molar-refractivity contribution >= 4 is 0 Å². The lowest BCUT2D eigenvalue weighted by atomic mass is 9.94. The molecule has 0 aliphatic carbocycles. The second-order valence-corrected chi connectivity index (χ2v) is 10.1. The topological polar surface area (TPSA) is 3.24 Å². The van der Waals surface area contributed by atoms with Gasteiger partial charge in [-0.25, -0.2) is 0 Å². The highest BCUT2D eigenvalue weighted by atomic mass is 15.1. The Balaban J connectivity index is 2.74. The molecule has 32 heavy (non-hydrogen) atoms. The van der Waals surface area contributed by atoms with E-state index in [4.69, 9.17) is 0 Å². The smallest absolute Gasteiger partial charge is 0.0350 e. The standard InChI is InChI=1S/C31H57N/c1-5-8-11-14-17-22-27-32(28-23-18-15-12-9-6-2)31(26-19-16-13-10-7-3)30-25-21-20-24-29(30)4/h20-21,24-25,31H,5-19,22-23,26-28H2,1-4H3. The summed E-state index contributed by atoms with van der Waals surface area (Å²) < 4.78 is 0. The van der Waals surface area contributed by atoms with Gasteiger partial charge < -0.3 is 0 Å². The molecule has 1 aromatic rings. The molecule has 0 fully saturated rings. The third-order valence-electron chi connectivity index (χ3n) is 7.17. The van der Waals surface area contributed by atoms with Gasteiger partial charge in [-0.15, -0.1) is 0 Å². The molecule has 1 atom stereocenters. The molecule has 0 heterocycles. The third-order valence-corrected chi connectivity index (χ3v) is 7.17. The molecule has 0 amide bonds. The van der Waals surface area contributed by atoms with Crippen LogP contribution in [0.2, 0.25) is 0 Å². The molecule has 0 N–H and O–H groups in total. The zero-order chi connectivity index (χ0) is 23.3. The van der Waals surface area contributed by atoms with Gasteiger partial charge in [-0.2, -0.15) is 0 Å². The van der Waals surface area contributed by atoms with Gasteiger partial charge in [-0.1, -0.05) is 141 Å². The van der Waals surface area contributed by atoms with Crippen LogP contribution in [0.4, 0.5) is 0 Å². The highest BCUT2D eigenvalue weighted by molar-refractivity contribution is 5.28. The molecule has 186 valence electrons. The van der Waals surface area contributed by atoms with Gasteiger partial charge in [-0.05, 0) is 50.4 Å². The van der Waals surface area contributed by atoms with Crippen molar-refractivity contribution in [3.05, 3.63) is 35.4 Å². The van der Waals surface area contributed by atoms with E-state index in [1.54, 1.807) is 5.56 Å². The van der Waals surface area contributed by atoms with Gasteiger partial charge in [0.25, 0.3) is 0 Å². The van der Waals surface area contributed by atoms with Crippen LogP contribution in [0.15, 0.2) is 24.3 Å². The first-order valence-corrected chi connectivity index (χ1v) is 14.5. The van der Waals surface area contributed by atoms with Crippen LogP contribution in [0.5, 0.6) is 0 Å². The Hall–Kier alpha value is -0.820. The van der Waals surface area contributed by atoms with Crippen molar-refractivity contribution in [3.63, 3.8) is 0 Å². The normalized spacial score (nSPS) is 12.5. The Morgan fingerprint density at radius 3 is 1.50 bits per heavy atom. The number of hydrogen-bond donors (Lipinski definition) is 0. The lowest BCUT2D eigenvalue weighted by Crippen LogP contribution is -2.31. The molecule has 1 heteroatoms. The maximum atomic E-state index is 2.89. The second kappa shape index (κ2) is 20.8. The van der Waals surface area contributed by atoms with Crippen LogP contribution in [-0.2, 0) is 0 Å². The molecule has 0 radical (unpaired) electrons. The molecule has 0 saturated heterocycles. The molecule has 0 aliphatic heterocycles. The summed E-state index contributed by atoms with van der Waals surface area (Å²) in [5, 5.41) is 0. The minimum atomic E-state index is 0.615. The van der Waals surface area contributed by atoms with E-state index in [9.17, 15) is 0 Å². The van der Waals surface area contributed by atoms with Gasteiger partial charge in [0, 0.05) is 6.04 Å². The van der Waals surface area contributed by atoms with Gasteiger partial charge in [0.2, 0.25) is 0 Å². The molecule has 0 aliphatic rings. The van der Waals surface area contributed by atoms with E-state index in [0.29, 0.717) is 6.04 Å². The fourth-order valence-electron chi connectivity index (χ4n) is 5.05. The van der Waals surface area contributed by atoms with E-state index in [1.807, 2.05) is 0 Å². The van der Waals surface area contributed by atoms with E-state index in [-0.39, 0.29) is 0 Å². The Kier molecular flexibility index (Phi) is 19.0. The highest BCUT2D eigenvalue weighted by Crippen LogP contribution is 2.30. The van der Waals surface area contributed by atoms with Crippen molar-refractivity contribution < 1.29 is 0 Å². The van der Waals surface area contributed by atoms with E-state index in [1.165, 1.54) is 134 Å². The summed E-state index contributed by atoms with van der Waals surface area (Å²) in [6, 6.07) is 9.83. The SMILES string of the molecule is CCCCCCCCN(CCCCCCCC)C(CCCCCCC)c1ccccc1C. The van der Waals surface area contributed by atoms with Crippen molar-refractivity contribution in [2.24, 2.45) is 0 Å². The zero-order valence-electron chi connectivity index (χ0n) is 22.5. The van der Waals surface area contributed by atoms with Crippen LogP contribution in [0, 0.1) is 6.92 Å². The number of hydrogen-bond acceptors (Lipinski definition) is 1. The average Bonchev–Trinajstić information content (AvgIpc) is 2.80. The minimum absolute atomic E-state index is 0.615. The predicted molar refractivity (Wildman–Crippen MR) is 146 cm³/mol. The molecule has 0 spiro atoms. The first-order chi connectivity index (χ1) is 15.7. The summed E-state index contributed by atoms with van der Waals surface area (Å²) in [6.07, 6.45) is 25.0. The molecule has 0 saturated carbocycles. The van der Waals surface area contributed by atoms with Gasteiger partial charge >= 0.3 is 0 Å². The zero-order valence-corrected chi connectivity index (χ0v) is 22.5. The maximum absolute atomic E-state index is 2.89. The quantitative estimate of drug-likeness (QED) is 0.161. The van der Waals surface area contributed by atoms with Crippen LogP contribution < -0.4 is 0 Å². The number of benzene rings is 1. The summed E-state index contributed by atoms with van der Waals surface area (Å²) in [7, 11) is 0. The summed E-state index contributed by atoms with van der Waals surface area (Å²) in [5.74, 6) is 0. The fraction of sp³-hybridized carbons (Fsp3) is 0.806. The monoisotopic (exact) mass is 443 g/mol. The molecule has 1 aromatic carbocycles. The van der Waals surface area contributed by atoms with E-state index in [2.05, 4.69) is 56.9 Å². The summed E-state index contributed by atoms with van der Waals surface area (Å²) in [6.45, 7) is 11.8. The van der Waals surface area contributed by atoms with Crippen LogP contribution in [0.3, 0.4) is 0 Å². The van der Waals surface area contributed by atoms with Gasteiger partial charge in [0.15, 0.2) is 0 Å². The fourth-order valence-corrected chi connectivity index (χ4v) is 5.05. The average molecular weight is 444 g/mol. The Labute approximate surface area is 202 Å². The molecule has 1 nitrogen and oxygen atoms in total. The molecular weight excluding hydrogens is 386 g/mol. The van der Waals surface area contributed by atoms with Gasteiger partial charge in [0.05, 0.1) is 0 Å². The molecule has 1 rings (SSSR count). The molecule has 0 bridgehead atoms. The number of rotatable bonds is 22. The van der Waals surface area contributed by atoms with Gasteiger partial charge in [-0.3, -0.25) is 4.90 Å². The first-order valence-electron chi connectivity index (χ1n) is 14.5. The van der Waals surface area contributed by atoms with Gasteiger partial charge in [0.1, 0.15) is 0 Å². The lowest BCUT2D eigenvalue weighted by molar-refractivity contribution is 0.175. The summed E-state index contributed by atoms with van der Waals surface area (Å²) >= 11 is 0. The minimum Gasteiger partial charge on any atom is -0.296 e. The maximum Gasteiger partial charge on any atom is 0.0350 e. The number of nitrogens with zero attached hydrogens (tertiary/aromatic N) is 1. The van der Waals surface area contributed by atoms with Crippen LogP contribution >= 0.6 is 0 Å². The Bertz CT molecular complexity index is 507. The Morgan fingerprint density at radius 2 is 1.00 bits per heavy atom. The van der Waals surface area contributed by atoms with Crippen molar-refractivity contribution in [2.45, 2.75) is 149 Å². The van der Waals surface area contributed by atoms with Crippen molar-refractivity contribution in [3.8, 4) is 0 Å². The van der Waals surface area contributed by atoms with Crippen LogP contribution in [-0.4, -0.2) is 18.0 Å². The number of unbranched alkanes of at least 4 members (excludes halogenated alkanes) is 14. The van der Waals surface area contributed by atoms with E-state index in [0.717, 1.165) is 0 Å². The Morgan fingerprint density at radius 1 is 0.562 bits per heavy atom. The highest BCUT2D eigenvalue weighted by Gasteiger charge is 2.21. The number of aryl methyl sites for hydroxylation is 1. The van der Waals surface area contributed by atoms with E-state index < -0.39 is 0 Å². The molecule has 0 aromatic heterocycles. The predicted octanol–water partition coefficient (Wildman–Crippen LogP) is 10.4. The summed E-state index contributed by atoms with van der Waals surface area (Å²) in [5.41, 5.74) is 3.09. The molecular formula is C31H57N. The lowest BCUT2D eigenvalue weighted by Gasteiger charge is -2.33. The second-order valence-electron chi connectivity index (χ2n) is 10.1.